The van der Waals surface area contributed by atoms with Gasteiger partial charge in [-0.25, -0.2) is 9.59 Å². The molecule has 10 atom stereocenters. The lowest BCUT2D eigenvalue weighted by Gasteiger charge is -2.28. The van der Waals surface area contributed by atoms with E-state index in [1.165, 1.54) is 80.6 Å². The zero-order valence-electron chi connectivity index (χ0n) is 69.8. The number of benzene rings is 6. The Morgan fingerprint density at radius 2 is 1.01 bits per heavy atom. The highest BCUT2D eigenvalue weighted by Crippen LogP contribution is 2.42. The van der Waals surface area contributed by atoms with Crippen molar-refractivity contribution in [1.82, 2.24) is 68.8 Å². The van der Waals surface area contributed by atoms with Crippen molar-refractivity contribution in [2.24, 2.45) is 17.4 Å². The highest BCUT2D eigenvalue weighted by atomic mass is 32.1. The first kappa shape index (κ1) is 96.9. The maximum atomic E-state index is 14.7. The summed E-state index contributed by atoms with van der Waals surface area (Å²) in [6.07, 6.45) is -2.51. The summed E-state index contributed by atoms with van der Waals surface area (Å²) in [5.41, 5.74) is 14.1. The van der Waals surface area contributed by atoms with Crippen LogP contribution in [0.2, 0.25) is 0 Å². The van der Waals surface area contributed by atoms with Gasteiger partial charge in [-0.3, -0.25) is 67.7 Å². The summed E-state index contributed by atoms with van der Waals surface area (Å²) in [5, 5.41) is 93.6. The Hall–Kier alpha value is -14.5. The number of thiocarbonyl (C=S) groups is 1. The van der Waals surface area contributed by atoms with Crippen LogP contribution >= 0.6 is 12.2 Å². The van der Waals surface area contributed by atoms with Crippen molar-refractivity contribution in [3.05, 3.63) is 172 Å². The van der Waals surface area contributed by atoms with Crippen LogP contribution in [-0.4, -0.2) is 198 Å². The van der Waals surface area contributed by atoms with Gasteiger partial charge in [0.1, 0.15) is 83.3 Å². The van der Waals surface area contributed by atoms with Crippen molar-refractivity contribution in [2.75, 3.05) is 18.4 Å². The van der Waals surface area contributed by atoms with Gasteiger partial charge >= 0.3 is 17.9 Å². The number of H-pyrrole nitrogens is 1. The van der Waals surface area contributed by atoms with Crippen molar-refractivity contribution >= 4 is 134 Å². The Morgan fingerprint density at radius 1 is 0.492 bits per heavy atom. The number of carboxylic acids is 3. The standard InChI is InChI=1S/C87H105N17O21S/c1-6-7-17-61(99-83(120)67(42-52-40-50-16-11-12-18-60(50)95-52)97-72(109)34-36-92-87(126)96-51-22-27-56(59(41-51)84(121)122)74-57-28-25-54(106)43-69(57)125-70-44-55(107)26-29-58(70)74)78(115)100-64(31-33-73(110)111)77(114)94-46(4)75(112)93-47(5)76(113)102-65(39-49-20-23-53(105)24-21-49)81(118)101-63(30-32-71(88)108)80(117)98-62(19-13-35-91-86(89)90)79(116)103-66(38-48-14-9-8-10-15-48)82(119)104-68(85(123)124)37-45(2)3/h8-12,14-16,18,20-29,40-41,43-47,61-68,95,105-106H,6-7,13,17,19,30-39,42H2,1-5H3,(H2,88,108)(H,93,112)(H,94,114)(H,97,109)(H,98,117)(H,99,120)(H,100,115)(H,101,118)(H,102,113)(H,103,116)(H,104,119)(H,110,111)(H,121,122)(H,123,124)(H4,89,90,91)(H2,92,96,126)/t46-,47-,61+,62+,63-,64-,65-,66-,67-,68-/m0/s1. The Balaban J connectivity index is 0.925. The fourth-order valence-electron chi connectivity index (χ4n) is 13.7. The average molecular weight is 1760 g/mol. The SMILES string of the molecule is CCCC[C@@H](NC(=O)[C@H](Cc1cc2ccccc2[nH]1)NC(=O)CCNC(=S)Nc1ccc(-c2c3ccc(=O)cc-3oc3cc(O)ccc23)c(C(=O)O)c1)C(=O)N[C@@H](CCC(=O)O)C(=O)N[C@@H](C)C(=O)N[C@@H](C)C(=O)N[C@@H](Cc1ccc(O)cc1)C(=O)N[C@@H](CCC(N)=O)C(=O)N[C@H](CCCNC(=N)N)C(=O)N[C@@H](Cc1ccccc1)C(=O)N[C@@H](CC(C)C)C(=O)O. The van der Waals surface area contributed by atoms with Gasteiger partial charge in [0.05, 0.1) is 5.56 Å². The molecule has 39 heteroatoms. The zero-order valence-corrected chi connectivity index (χ0v) is 70.6. The van der Waals surface area contributed by atoms with Crippen molar-refractivity contribution in [2.45, 2.75) is 185 Å². The van der Waals surface area contributed by atoms with Gasteiger partial charge in [0.25, 0.3) is 0 Å². The number of rotatable bonds is 47. The highest BCUT2D eigenvalue weighted by Gasteiger charge is 2.37. The molecule has 0 saturated carbocycles. The predicted molar refractivity (Wildman–Crippen MR) is 468 cm³/mol. The number of nitrogens with one attached hydrogen (secondary N) is 15. The number of hydrogen-bond acceptors (Lipinski definition) is 20. The number of para-hydroxylation sites is 1. The summed E-state index contributed by atoms with van der Waals surface area (Å²) in [7, 11) is 0. The van der Waals surface area contributed by atoms with Crippen LogP contribution in [0.3, 0.4) is 0 Å². The molecule has 0 spiro atoms. The quantitative estimate of drug-likeness (QED) is 0.00856. The molecule has 5 aromatic carbocycles. The highest BCUT2D eigenvalue weighted by molar-refractivity contribution is 7.80. The number of aromatic amines is 1. The van der Waals surface area contributed by atoms with E-state index in [4.69, 9.17) is 33.5 Å². The molecule has 0 bridgehead atoms. The number of hydrogen-bond donors (Lipinski definition) is 22. The molecule has 1 aliphatic heterocycles. The predicted octanol–water partition coefficient (Wildman–Crippen LogP) is 3.16. The Kier molecular flexibility index (Phi) is 35.9. The minimum absolute atomic E-state index is 0.00796. The number of guanidine groups is 1. The van der Waals surface area contributed by atoms with E-state index in [-0.39, 0.29) is 121 Å². The summed E-state index contributed by atoms with van der Waals surface area (Å²) in [6.45, 7) is 7.62. The topological polar surface area (TPSA) is 618 Å². The molecule has 126 heavy (non-hydrogen) atoms. The number of aliphatic carboxylic acids is 2. The number of aromatic nitrogens is 1. The summed E-state index contributed by atoms with van der Waals surface area (Å²) < 4.78 is 5.94. The van der Waals surface area contributed by atoms with Crippen LogP contribution in [0.25, 0.3) is 44.3 Å². The first-order chi connectivity index (χ1) is 59.9. The molecule has 0 fully saturated rings. The fourth-order valence-corrected chi connectivity index (χ4v) is 13.9. The molecule has 0 unspecified atom stereocenters. The first-order valence-electron chi connectivity index (χ1n) is 40.8. The van der Waals surface area contributed by atoms with E-state index in [2.05, 4.69) is 74.1 Å². The second kappa shape index (κ2) is 46.6. The number of carbonyl (C=O) groups is 14. The molecule has 2 heterocycles. The molecule has 670 valence electrons. The lowest BCUT2D eigenvalue weighted by molar-refractivity contribution is -0.143. The molecule has 6 aromatic rings. The number of phenolic OH excluding ortho intramolecular Hbond substituents is 2. The number of nitrogens with two attached hydrogens (primary N) is 2. The maximum Gasteiger partial charge on any atom is 0.336 e. The third-order valence-electron chi connectivity index (χ3n) is 20.2. The number of amides is 11. The van der Waals surface area contributed by atoms with E-state index in [0.717, 1.165) is 5.39 Å². The van der Waals surface area contributed by atoms with E-state index in [0.29, 0.717) is 51.7 Å². The van der Waals surface area contributed by atoms with Crippen LogP contribution in [0.15, 0.2) is 149 Å². The van der Waals surface area contributed by atoms with Crippen molar-refractivity contribution in [3.63, 3.8) is 0 Å². The van der Waals surface area contributed by atoms with E-state index < -0.39 is 175 Å². The van der Waals surface area contributed by atoms with Gasteiger partial charge in [-0.15, -0.1) is 0 Å². The third kappa shape index (κ3) is 29.6. The summed E-state index contributed by atoms with van der Waals surface area (Å²) in [6, 6.07) is 20.4. The fraction of sp³-hybridized carbons (Fsp3) is 0.368. The van der Waals surface area contributed by atoms with Gasteiger partial charge < -0.3 is 116 Å². The van der Waals surface area contributed by atoms with Gasteiger partial charge in [0.15, 0.2) is 16.5 Å². The number of carbonyl (C=O) groups excluding carboxylic acids is 11. The first-order valence-corrected chi connectivity index (χ1v) is 41.2. The van der Waals surface area contributed by atoms with Crippen LogP contribution in [0.4, 0.5) is 5.69 Å². The van der Waals surface area contributed by atoms with Crippen LogP contribution in [-0.2, 0) is 81.6 Å². The smallest absolute Gasteiger partial charge is 0.336 e. The van der Waals surface area contributed by atoms with E-state index in [1.54, 1.807) is 87.5 Å². The summed E-state index contributed by atoms with van der Waals surface area (Å²) in [5.74, 6) is -15.2. The zero-order chi connectivity index (χ0) is 92.0. The number of primary amides is 1. The second-order valence-electron chi connectivity index (χ2n) is 30.7. The van der Waals surface area contributed by atoms with Crippen LogP contribution in [0, 0.1) is 11.3 Å². The van der Waals surface area contributed by atoms with Crippen molar-refractivity contribution in [1.29, 1.82) is 5.41 Å². The molecule has 2 aliphatic rings. The Morgan fingerprint density at radius 3 is 1.59 bits per heavy atom. The normalized spacial score (nSPS) is 13.5. The number of unbranched alkanes of at least 4 members (excludes halogenated alkanes) is 1. The second-order valence-corrected chi connectivity index (χ2v) is 31.1. The molecule has 38 nitrogen and oxygen atoms in total. The number of aromatic carboxylic acids is 1. The van der Waals surface area contributed by atoms with Crippen LogP contribution < -0.4 is 86.0 Å². The summed E-state index contributed by atoms with van der Waals surface area (Å²) >= 11 is 5.56. The number of phenols is 2. The van der Waals surface area contributed by atoms with Crippen LogP contribution in [0.1, 0.15) is 132 Å². The minimum Gasteiger partial charge on any atom is -0.508 e. The molecule has 8 rings (SSSR count). The number of fused-ring (bicyclic) bond motifs is 3. The van der Waals surface area contributed by atoms with Crippen molar-refractivity contribution < 1.29 is 97.1 Å². The molecular formula is C87H105N17O21S. The molecular weight excluding hydrogens is 1650 g/mol. The van der Waals surface area contributed by atoms with E-state index >= 15 is 0 Å². The minimum atomic E-state index is -1.70. The van der Waals surface area contributed by atoms with Gasteiger partial charge in [-0.1, -0.05) is 100 Å². The third-order valence-corrected chi connectivity index (χ3v) is 20.4. The lowest BCUT2D eigenvalue weighted by atomic mass is 9.90. The Labute approximate surface area is 728 Å². The molecule has 1 aliphatic carbocycles. The summed E-state index contributed by atoms with van der Waals surface area (Å²) in [4.78, 5) is 209. The molecule has 0 saturated heterocycles. The number of anilines is 1. The van der Waals surface area contributed by atoms with Gasteiger partial charge in [-0.2, -0.15) is 0 Å². The van der Waals surface area contributed by atoms with Crippen LogP contribution in [0.5, 0.6) is 11.5 Å². The molecule has 11 amide bonds. The molecule has 1 aromatic heterocycles. The Bertz CT molecular complexity index is 5300. The lowest BCUT2D eigenvalue weighted by Crippen LogP contribution is -2.60. The van der Waals surface area contributed by atoms with E-state index in [1.807, 2.05) is 6.07 Å². The number of aromatic hydroxyl groups is 2. The molecule has 0 radical (unpaired) electrons. The average Bonchev–Trinajstić information content (AvgIpc) is 0.859. The van der Waals surface area contributed by atoms with Gasteiger partial charge in [0.2, 0.25) is 65.0 Å². The van der Waals surface area contributed by atoms with Gasteiger partial charge in [0, 0.05) is 97.2 Å². The maximum absolute atomic E-state index is 14.7. The molecule has 24 N–H and O–H groups in total. The van der Waals surface area contributed by atoms with Crippen molar-refractivity contribution in [3.8, 4) is 33.9 Å². The van der Waals surface area contributed by atoms with E-state index in [9.17, 15) is 97.5 Å². The number of carboxylic acid groups (broad SMARTS) is 3. The monoisotopic (exact) mass is 1760 g/mol. The largest absolute Gasteiger partial charge is 0.508 e. The van der Waals surface area contributed by atoms with Gasteiger partial charge in [-0.05, 0) is 153 Å².